The van der Waals surface area contributed by atoms with Crippen molar-refractivity contribution in [1.29, 1.82) is 0 Å². The van der Waals surface area contributed by atoms with E-state index < -0.39 is 19.7 Å². The lowest BCUT2D eigenvalue weighted by Crippen LogP contribution is -2.49. The van der Waals surface area contributed by atoms with Crippen LogP contribution in [-0.4, -0.2) is 36.3 Å². The van der Waals surface area contributed by atoms with Gasteiger partial charge in [-0.1, -0.05) is 25.6 Å². The van der Waals surface area contributed by atoms with E-state index in [0.29, 0.717) is 0 Å². The molecule has 1 aliphatic heterocycles. The highest BCUT2D eigenvalue weighted by Gasteiger charge is 2.27. The molecule has 24 heavy (non-hydrogen) atoms. The molecule has 1 aliphatic rings. The summed E-state index contributed by atoms with van der Waals surface area (Å²) < 4.78 is 27.6. The largest absolute Gasteiger partial charge is 0.335 e. The van der Waals surface area contributed by atoms with Gasteiger partial charge >= 0.3 is 0 Å². The molecule has 0 saturated carbocycles. The lowest BCUT2D eigenvalue weighted by molar-refractivity contribution is 0.0924. The summed E-state index contributed by atoms with van der Waals surface area (Å²) in [6, 6.07) is 2.54. The third-order valence-corrected chi connectivity index (χ3v) is 7.41. The molecular weight excluding hydrogens is 330 g/mol. The third-order valence-electron chi connectivity index (χ3n) is 4.55. The van der Waals surface area contributed by atoms with Gasteiger partial charge < -0.3 is 15.6 Å². The highest BCUT2D eigenvalue weighted by molar-refractivity contribution is 6.77. The zero-order valence-corrected chi connectivity index (χ0v) is 15.1. The minimum Gasteiger partial charge on any atom is -0.335 e. The number of aromatic amines is 1. The fourth-order valence-electron chi connectivity index (χ4n) is 3.05. The van der Waals surface area contributed by atoms with Crippen molar-refractivity contribution < 1.29 is 13.6 Å². The van der Waals surface area contributed by atoms with Crippen LogP contribution in [0.5, 0.6) is 0 Å². The van der Waals surface area contributed by atoms with Gasteiger partial charge in [0.05, 0.1) is 25.3 Å². The summed E-state index contributed by atoms with van der Waals surface area (Å²) in [7, 11) is -1.23. The van der Waals surface area contributed by atoms with E-state index in [1.807, 2.05) is 0 Å². The number of fused-ring (bicyclic) bond motifs is 1. The molecule has 1 amide bonds. The average Bonchev–Trinajstić information content (AvgIpc) is 2.86. The smallest absolute Gasteiger partial charge is 0.268 e. The maximum absolute atomic E-state index is 14.0. The Hall–Kier alpha value is -1.80. The molecule has 0 unspecified atom stereocenters. The van der Waals surface area contributed by atoms with Crippen LogP contribution in [0, 0.1) is 18.6 Å². The van der Waals surface area contributed by atoms with Gasteiger partial charge in [0.1, 0.15) is 11.3 Å². The molecule has 3 rings (SSSR count). The number of halogens is 2. The number of amides is 1. The van der Waals surface area contributed by atoms with Crippen LogP contribution in [0.1, 0.15) is 29.0 Å². The Morgan fingerprint density at radius 1 is 1.38 bits per heavy atom. The van der Waals surface area contributed by atoms with Gasteiger partial charge in [0.15, 0.2) is 11.6 Å². The maximum Gasteiger partial charge on any atom is 0.268 e. The Morgan fingerprint density at radius 3 is 2.88 bits per heavy atom. The summed E-state index contributed by atoms with van der Waals surface area (Å²) in [4.78, 5) is 19.2. The second-order valence-electron chi connectivity index (χ2n) is 7.23. The monoisotopic (exact) mass is 352 g/mol. The summed E-state index contributed by atoms with van der Waals surface area (Å²) in [6.07, 6.45) is 2.78. The average molecular weight is 352 g/mol. The van der Waals surface area contributed by atoms with Crippen LogP contribution in [-0.2, 0) is 0 Å². The molecule has 0 spiro atoms. The van der Waals surface area contributed by atoms with Crippen molar-refractivity contribution in [3.8, 4) is 0 Å². The fourth-order valence-corrected chi connectivity index (χ4v) is 5.19. The summed E-state index contributed by atoms with van der Waals surface area (Å²) >= 11 is 0. The minimum atomic E-state index is -1.23. The maximum atomic E-state index is 14.0. The molecule has 3 heterocycles. The van der Waals surface area contributed by atoms with Gasteiger partial charge in [-0.15, -0.1) is 0 Å². The molecule has 3 N–H and O–H groups in total. The molecule has 8 heteroatoms. The van der Waals surface area contributed by atoms with E-state index in [4.69, 9.17) is 0 Å². The standard InChI is InChI=1S/C16H22F2N4OSi/c1-9-13(17)14(18)10-7-11(21-15(10)20-9)16(23)22-12-5-4-6-24(2,3)8-19-12/h7,12,19H,4-6,8H2,1-3H3,(H,20,21)(H,22,23)/t12-/m0/s1. The molecule has 0 radical (unpaired) electrons. The van der Waals surface area contributed by atoms with E-state index in [0.717, 1.165) is 19.0 Å². The van der Waals surface area contributed by atoms with E-state index in [9.17, 15) is 13.6 Å². The van der Waals surface area contributed by atoms with Crippen LogP contribution in [0.2, 0.25) is 19.1 Å². The van der Waals surface area contributed by atoms with Crippen molar-refractivity contribution in [2.75, 3.05) is 6.17 Å². The van der Waals surface area contributed by atoms with Crippen molar-refractivity contribution in [3.05, 3.63) is 29.1 Å². The summed E-state index contributed by atoms with van der Waals surface area (Å²) in [5.41, 5.74) is 0.328. The number of aryl methyl sites for hydroxylation is 1. The van der Waals surface area contributed by atoms with Gasteiger partial charge in [-0.3, -0.25) is 4.79 Å². The van der Waals surface area contributed by atoms with E-state index in [1.54, 1.807) is 0 Å². The van der Waals surface area contributed by atoms with Gasteiger partial charge in [-0.25, -0.2) is 13.8 Å². The number of H-pyrrole nitrogens is 1. The quantitative estimate of drug-likeness (QED) is 0.728. The molecule has 1 atom stereocenters. The normalized spacial score (nSPS) is 20.8. The van der Waals surface area contributed by atoms with Gasteiger partial charge in [-0.2, -0.15) is 0 Å². The lowest BCUT2D eigenvalue weighted by atomic mass is 10.2. The zero-order valence-electron chi connectivity index (χ0n) is 14.1. The van der Waals surface area contributed by atoms with Gasteiger partial charge in [0.2, 0.25) is 0 Å². The summed E-state index contributed by atoms with van der Waals surface area (Å²) in [5.74, 6) is -2.30. The molecule has 2 aromatic rings. The zero-order chi connectivity index (χ0) is 17.5. The first-order chi connectivity index (χ1) is 11.3. The first kappa shape index (κ1) is 17.0. The number of nitrogens with zero attached hydrogens (tertiary/aromatic N) is 1. The number of nitrogens with one attached hydrogen (secondary N) is 3. The van der Waals surface area contributed by atoms with Gasteiger partial charge in [0, 0.05) is 0 Å². The van der Waals surface area contributed by atoms with Crippen molar-refractivity contribution in [2.45, 2.75) is 45.1 Å². The van der Waals surface area contributed by atoms with Gasteiger partial charge in [0.25, 0.3) is 5.91 Å². The molecule has 2 aromatic heterocycles. The second kappa shape index (κ2) is 6.25. The Bertz CT molecular complexity index is 790. The second-order valence-corrected chi connectivity index (χ2v) is 12.4. The first-order valence-corrected chi connectivity index (χ1v) is 11.6. The summed E-state index contributed by atoms with van der Waals surface area (Å²) in [6.45, 7) is 6.04. The van der Waals surface area contributed by atoms with E-state index in [1.165, 1.54) is 19.0 Å². The third kappa shape index (κ3) is 3.34. The Labute approximate surface area is 140 Å². The number of aromatic nitrogens is 2. The molecule has 0 bridgehead atoms. The Balaban J connectivity index is 1.78. The van der Waals surface area contributed by atoms with Crippen molar-refractivity contribution in [1.82, 2.24) is 20.6 Å². The van der Waals surface area contributed by atoms with E-state index in [-0.39, 0.29) is 34.5 Å². The number of carbonyl (C=O) groups excluding carboxylic acids is 1. The van der Waals surface area contributed by atoms with Crippen LogP contribution in [0.15, 0.2) is 6.07 Å². The molecule has 0 aliphatic carbocycles. The molecule has 0 aromatic carbocycles. The molecule has 5 nitrogen and oxygen atoms in total. The molecule has 1 saturated heterocycles. The number of hydrogen-bond acceptors (Lipinski definition) is 3. The van der Waals surface area contributed by atoms with Crippen molar-refractivity contribution in [3.63, 3.8) is 0 Å². The van der Waals surface area contributed by atoms with Crippen molar-refractivity contribution in [2.24, 2.45) is 0 Å². The Morgan fingerprint density at radius 2 is 2.12 bits per heavy atom. The predicted molar refractivity (Wildman–Crippen MR) is 91.5 cm³/mol. The van der Waals surface area contributed by atoms with Crippen LogP contribution in [0.25, 0.3) is 11.0 Å². The van der Waals surface area contributed by atoms with Crippen LogP contribution >= 0.6 is 0 Å². The van der Waals surface area contributed by atoms with Gasteiger partial charge in [-0.05, 0) is 25.6 Å². The highest BCUT2D eigenvalue weighted by atomic mass is 28.3. The molecular formula is C16H22F2N4OSi. The van der Waals surface area contributed by atoms with Crippen LogP contribution in [0.4, 0.5) is 8.78 Å². The lowest BCUT2D eigenvalue weighted by Gasteiger charge is -2.21. The number of pyridine rings is 1. The van der Waals surface area contributed by atoms with Crippen molar-refractivity contribution >= 4 is 25.0 Å². The highest BCUT2D eigenvalue weighted by Crippen LogP contribution is 2.22. The van der Waals surface area contributed by atoms with Crippen LogP contribution in [0.3, 0.4) is 0 Å². The number of rotatable bonds is 2. The SMILES string of the molecule is Cc1nc2[nH]c(C(=O)N[C@H]3CCC[Si](C)(C)CN3)cc2c(F)c1F. The Kier molecular flexibility index (Phi) is 4.44. The minimum absolute atomic E-state index is 0.00869. The van der Waals surface area contributed by atoms with E-state index in [2.05, 4.69) is 33.7 Å². The topological polar surface area (TPSA) is 69.8 Å². The van der Waals surface area contributed by atoms with Crippen LogP contribution < -0.4 is 10.6 Å². The predicted octanol–water partition coefficient (Wildman–Crippen LogP) is 2.84. The summed E-state index contributed by atoms with van der Waals surface area (Å²) in [5, 5.41) is 6.31. The molecule has 1 fully saturated rings. The first-order valence-electron chi connectivity index (χ1n) is 8.15. The molecule has 130 valence electrons. The number of carbonyl (C=O) groups is 1. The van der Waals surface area contributed by atoms with E-state index >= 15 is 0 Å². The fraction of sp³-hybridized carbons (Fsp3) is 0.500. The number of hydrogen-bond donors (Lipinski definition) is 3.